The molecular formula is C23H14BrN3. The van der Waals surface area contributed by atoms with Gasteiger partial charge < -0.3 is 0 Å². The van der Waals surface area contributed by atoms with Crippen LogP contribution in [0.3, 0.4) is 0 Å². The zero-order valence-corrected chi connectivity index (χ0v) is 15.9. The van der Waals surface area contributed by atoms with Crippen LogP contribution in [0.2, 0.25) is 0 Å². The standard InChI is InChI=1S/C23H14BrN3/c24-19-8-3-7-18(14-19)23-26-20-9-4-12-25-22(20)21(27-23)17-11-10-15-5-1-2-6-16(15)13-17/h1-14H. The number of nitrogens with zero attached hydrogens (tertiary/aromatic N) is 3. The quantitative estimate of drug-likeness (QED) is 0.343. The number of hydrogen-bond acceptors (Lipinski definition) is 3. The van der Waals surface area contributed by atoms with Crippen LogP contribution < -0.4 is 0 Å². The third kappa shape index (κ3) is 2.98. The summed E-state index contributed by atoms with van der Waals surface area (Å²) in [5.74, 6) is 0.694. The molecule has 5 rings (SSSR count). The lowest BCUT2D eigenvalue weighted by atomic mass is 10.0. The van der Waals surface area contributed by atoms with Crippen molar-refractivity contribution in [3.8, 4) is 22.6 Å². The summed E-state index contributed by atoms with van der Waals surface area (Å²) in [6.07, 6.45) is 1.79. The van der Waals surface area contributed by atoms with E-state index < -0.39 is 0 Å². The number of benzene rings is 3. The number of rotatable bonds is 2. The van der Waals surface area contributed by atoms with Crippen molar-refractivity contribution in [1.29, 1.82) is 0 Å². The molecule has 0 radical (unpaired) electrons. The van der Waals surface area contributed by atoms with Crippen LogP contribution in [-0.4, -0.2) is 15.0 Å². The van der Waals surface area contributed by atoms with Gasteiger partial charge in [-0.25, -0.2) is 9.97 Å². The van der Waals surface area contributed by atoms with Crippen LogP contribution in [0.15, 0.2) is 89.5 Å². The predicted octanol–water partition coefficient (Wildman–Crippen LogP) is 6.27. The van der Waals surface area contributed by atoms with Crippen molar-refractivity contribution in [2.24, 2.45) is 0 Å². The average molecular weight is 412 g/mol. The van der Waals surface area contributed by atoms with Crippen LogP contribution in [0.25, 0.3) is 44.5 Å². The molecule has 5 aromatic rings. The molecule has 0 aliphatic heterocycles. The van der Waals surface area contributed by atoms with E-state index >= 15 is 0 Å². The number of halogens is 1. The molecule has 2 heterocycles. The normalized spacial score (nSPS) is 11.1. The molecule has 0 aliphatic rings. The Morgan fingerprint density at radius 3 is 2.44 bits per heavy atom. The fourth-order valence-corrected chi connectivity index (χ4v) is 3.66. The number of hydrogen-bond donors (Lipinski definition) is 0. The Morgan fingerprint density at radius 2 is 1.56 bits per heavy atom. The maximum Gasteiger partial charge on any atom is 0.160 e. The molecule has 3 nitrogen and oxygen atoms in total. The van der Waals surface area contributed by atoms with E-state index in [1.807, 2.05) is 36.4 Å². The minimum absolute atomic E-state index is 0.694. The summed E-state index contributed by atoms with van der Waals surface area (Å²) in [5.41, 5.74) is 4.51. The minimum Gasteiger partial charge on any atom is -0.252 e. The molecule has 4 heteroatoms. The maximum atomic E-state index is 4.89. The van der Waals surface area contributed by atoms with Crippen molar-refractivity contribution in [3.05, 3.63) is 89.5 Å². The van der Waals surface area contributed by atoms with E-state index in [4.69, 9.17) is 9.97 Å². The molecule has 0 N–H and O–H groups in total. The van der Waals surface area contributed by atoms with E-state index in [1.54, 1.807) is 6.20 Å². The Kier molecular flexibility index (Phi) is 3.91. The fourth-order valence-electron chi connectivity index (χ4n) is 3.26. The molecule has 2 aromatic heterocycles. The first-order valence-electron chi connectivity index (χ1n) is 8.66. The average Bonchev–Trinajstić information content (AvgIpc) is 2.72. The molecule has 0 aliphatic carbocycles. The highest BCUT2D eigenvalue weighted by Gasteiger charge is 2.13. The molecule has 0 atom stereocenters. The Morgan fingerprint density at radius 1 is 0.667 bits per heavy atom. The summed E-state index contributed by atoms with van der Waals surface area (Å²) < 4.78 is 1.00. The van der Waals surface area contributed by atoms with Gasteiger partial charge in [0.05, 0.1) is 5.52 Å². The van der Waals surface area contributed by atoms with Gasteiger partial charge in [-0.15, -0.1) is 0 Å². The molecule has 0 amide bonds. The summed E-state index contributed by atoms with van der Waals surface area (Å²) in [7, 11) is 0. The minimum atomic E-state index is 0.694. The number of fused-ring (bicyclic) bond motifs is 2. The maximum absolute atomic E-state index is 4.89. The summed E-state index contributed by atoms with van der Waals surface area (Å²) in [5, 5.41) is 2.39. The predicted molar refractivity (Wildman–Crippen MR) is 113 cm³/mol. The van der Waals surface area contributed by atoms with Crippen molar-refractivity contribution in [3.63, 3.8) is 0 Å². The summed E-state index contributed by atoms with van der Waals surface area (Å²) in [4.78, 5) is 14.2. The summed E-state index contributed by atoms with van der Waals surface area (Å²) in [6, 6.07) is 26.6. The fraction of sp³-hybridized carbons (Fsp3) is 0. The van der Waals surface area contributed by atoms with Gasteiger partial charge in [0, 0.05) is 21.8 Å². The largest absolute Gasteiger partial charge is 0.252 e. The van der Waals surface area contributed by atoms with Gasteiger partial charge in [0.15, 0.2) is 5.82 Å². The summed E-state index contributed by atoms with van der Waals surface area (Å²) in [6.45, 7) is 0. The van der Waals surface area contributed by atoms with Crippen molar-refractivity contribution in [2.75, 3.05) is 0 Å². The van der Waals surface area contributed by atoms with Crippen molar-refractivity contribution in [2.45, 2.75) is 0 Å². The van der Waals surface area contributed by atoms with Gasteiger partial charge >= 0.3 is 0 Å². The van der Waals surface area contributed by atoms with Crippen molar-refractivity contribution >= 4 is 37.7 Å². The third-order valence-electron chi connectivity index (χ3n) is 4.56. The highest BCUT2D eigenvalue weighted by molar-refractivity contribution is 9.10. The third-order valence-corrected chi connectivity index (χ3v) is 5.05. The molecule has 0 saturated carbocycles. The Hall–Kier alpha value is -3.11. The number of pyridine rings is 1. The second-order valence-electron chi connectivity index (χ2n) is 6.34. The van der Waals surface area contributed by atoms with Crippen molar-refractivity contribution < 1.29 is 0 Å². The second-order valence-corrected chi connectivity index (χ2v) is 7.25. The summed E-state index contributed by atoms with van der Waals surface area (Å²) >= 11 is 3.53. The van der Waals surface area contributed by atoms with E-state index in [0.29, 0.717) is 5.82 Å². The highest BCUT2D eigenvalue weighted by atomic mass is 79.9. The molecule has 0 bridgehead atoms. The lowest BCUT2D eigenvalue weighted by Gasteiger charge is -2.09. The van der Waals surface area contributed by atoms with Gasteiger partial charge in [-0.1, -0.05) is 64.5 Å². The van der Waals surface area contributed by atoms with E-state index in [-0.39, 0.29) is 0 Å². The first-order chi connectivity index (χ1) is 13.3. The van der Waals surface area contributed by atoms with Gasteiger partial charge in [0.1, 0.15) is 11.2 Å². The number of aromatic nitrogens is 3. The molecule has 0 saturated heterocycles. The van der Waals surface area contributed by atoms with Gasteiger partial charge in [-0.2, -0.15) is 0 Å². The lowest BCUT2D eigenvalue weighted by Crippen LogP contribution is -1.96. The Balaban J connectivity index is 1.79. The van der Waals surface area contributed by atoms with Crippen LogP contribution in [0, 0.1) is 0 Å². The first kappa shape index (κ1) is 16.1. The van der Waals surface area contributed by atoms with E-state index in [0.717, 1.165) is 32.3 Å². The van der Waals surface area contributed by atoms with Crippen LogP contribution in [0.4, 0.5) is 0 Å². The highest BCUT2D eigenvalue weighted by Crippen LogP contribution is 2.30. The molecule has 3 aromatic carbocycles. The van der Waals surface area contributed by atoms with Gasteiger partial charge in [-0.05, 0) is 41.1 Å². The van der Waals surface area contributed by atoms with Gasteiger partial charge in [-0.3, -0.25) is 4.98 Å². The van der Waals surface area contributed by atoms with Gasteiger partial charge in [0.25, 0.3) is 0 Å². The Labute approximate surface area is 164 Å². The zero-order chi connectivity index (χ0) is 18.2. The molecule has 0 unspecified atom stereocenters. The zero-order valence-electron chi connectivity index (χ0n) is 14.3. The van der Waals surface area contributed by atoms with E-state index in [1.165, 1.54) is 10.8 Å². The van der Waals surface area contributed by atoms with Crippen LogP contribution in [0.5, 0.6) is 0 Å². The van der Waals surface area contributed by atoms with Crippen LogP contribution in [-0.2, 0) is 0 Å². The Bertz CT molecular complexity index is 1300. The van der Waals surface area contributed by atoms with Crippen LogP contribution >= 0.6 is 15.9 Å². The van der Waals surface area contributed by atoms with E-state index in [2.05, 4.69) is 63.4 Å². The molecule has 27 heavy (non-hydrogen) atoms. The van der Waals surface area contributed by atoms with Gasteiger partial charge in [0.2, 0.25) is 0 Å². The van der Waals surface area contributed by atoms with E-state index in [9.17, 15) is 0 Å². The molecular weight excluding hydrogens is 398 g/mol. The monoisotopic (exact) mass is 411 g/mol. The molecule has 0 spiro atoms. The molecule has 0 fully saturated rings. The van der Waals surface area contributed by atoms with Crippen LogP contribution in [0.1, 0.15) is 0 Å². The lowest BCUT2D eigenvalue weighted by molar-refractivity contribution is 1.20. The topological polar surface area (TPSA) is 38.7 Å². The molecule has 128 valence electrons. The first-order valence-corrected chi connectivity index (χ1v) is 9.45. The SMILES string of the molecule is Brc1cccc(-c2nc(-c3ccc4ccccc4c3)c3ncccc3n2)c1. The second kappa shape index (κ2) is 6.56. The van der Waals surface area contributed by atoms with Crippen molar-refractivity contribution in [1.82, 2.24) is 15.0 Å². The smallest absolute Gasteiger partial charge is 0.160 e.